The van der Waals surface area contributed by atoms with E-state index in [1.165, 1.54) is 0 Å². The maximum Gasteiger partial charge on any atom is 0.253 e. The first-order valence-electron chi connectivity index (χ1n) is 11.8. The molecule has 7 heteroatoms. The Morgan fingerprint density at radius 2 is 1.91 bits per heavy atom. The number of aromatic nitrogens is 5. The second-order valence-electron chi connectivity index (χ2n) is 8.91. The van der Waals surface area contributed by atoms with Crippen molar-refractivity contribution < 1.29 is 4.79 Å². The summed E-state index contributed by atoms with van der Waals surface area (Å²) in [6.07, 6.45) is 5.63. The Morgan fingerprint density at radius 1 is 1.09 bits per heavy atom. The van der Waals surface area contributed by atoms with Gasteiger partial charge in [0.05, 0.1) is 11.4 Å². The van der Waals surface area contributed by atoms with Gasteiger partial charge in [0.1, 0.15) is 11.3 Å². The number of pyridine rings is 1. The largest absolute Gasteiger partial charge is 0.338 e. The average Bonchev–Trinajstić information content (AvgIpc) is 3.37. The Balaban J connectivity index is 1.34. The van der Waals surface area contributed by atoms with E-state index < -0.39 is 0 Å². The Kier molecular flexibility index (Phi) is 5.70. The zero-order chi connectivity index (χ0) is 22.9. The summed E-state index contributed by atoms with van der Waals surface area (Å²) < 4.78 is 4.22. The van der Waals surface area contributed by atoms with E-state index in [-0.39, 0.29) is 5.91 Å². The molecule has 1 aliphatic heterocycles. The maximum atomic E-state index is 13.3. The molecule has 3 aromatic heterocycles. The molecule has 1 aliphatic rings. The molecule has 4 aromatic rings. The summed E-state index contributed by atoms with van der Waals surface area (Å²) in [6.45, 7) is 7.64. The normalized spacial score (nSPS) is 14.8. The fourth-order valence-corrected chi connectivity index (χ4v) is 4.93. The van der Waals surface area contributed by atoms with Gasteiger partial charge in [-0.2, -0.15) is 5.10 Å². The van der Waals surface area contributed by atoms with E-state index >= 15 is 0 Å². The lowest BCUT2D eigenvalue weighted by molar-refractivity contribution is 0.0695. The molecule has 0 N–H and O–H groups in total. The molecule has 1 fully saturated rings. The van der Waals surface area contributed by atoms with Crippen molar-refractivity contribution in [2.45, 2.75) is 52.5 Å². The Labute approximate surface area is 194 Å². The summed E-state index contributed by atoms with van der Waals surface area (Å²) >= 11 is 0. The highest BCUT2D eigenvalue weighted by molar-refractivity contribution is 5.94. The number of piperidine rings is 1. The van der Waals surface area contributed by atoms with Crippen LogP contribution in [0.25, 0.3) is 16.9 Å². The maximum absolute atomic E-state index is 13.3. The molecule has 1 amide bonds. The van der Waals surface area contributed by atoms with Gasteiger partial charge in [0.2, 0.25) is 0 Å². The number of benzene rings is 1. The van der Waals surface area contributed by atoms with Gasteiger partial charge in [-0.05, 0) is 69.5 Å². The number of fused-ring (bicyclic) bond motifs is 1. The predicted molar refractivity (Wildman–Crippen MR) is 129 cm³/mol. The van der Waals surface area contributed by atoms with Crippen molar-refractivity contribution in [3.63, 3.8) is 0 Å². The van der Waals surface area contributed by atoms with E-state index in [1.807, 2.05) is 72.1 Å². The number of carbonyl (C=O) groups excluding carboxylic acids is 1. The molecule has 5 rings (SSSR count). The van der Waals surface area contributed by atoms with Gasteiger partial charge in [-0.15, -0.1) is 0 Å². The van der Waals surface area contributed by atoms with Crippen LogP contribution in [0.2, 0.25) is 0 Å². The average molecular weight is 443 g/mol. The van der Waals surface area contributed by atoms with Crippen LogP contribution in [0.5, 0.6) is 0 Å². The number of hydrogen-bond acceptors (Lipinski definition) is 4. The summed E-state index contributed by atoms with van der Waals surface area (Å²) in [7, 11) is 0. The Hall–Kier alpha value is -3.48. The molecule has 0 spiro atoms. The number of carbonyl (C=O) groups is 1. The number of imidazole rings is 1. The molecule has 1 aromatic carbocycles. The topological polar surface area (TPSA) is 68.8 Å². The third-order valence-corrected chi connectivity index (χ3v) is 6.46. The molecule has 0 aliphatic carbocycles. The van der Waals surface area contributed by atoms with Crippen LogP contribution >= 0.6 is 0 Å². The molecule has 0 unspecified atom stereocenters. The highest BCUT2D eigenvalue weighted by Gasteiger charge is 2.27. The van der Waals surface area contributed by atoms with Crippen LogP contribution in [0, 0.1) is 13.8 Å². The summed E-state index contributed by atoms with van der Waals surface area (Å²) in [5.74, 6) is 1.19. The summed E-state index contributed by atoms with van der Waals surface area (Å²) in [4.78, 5) is 24.7. The van der Waals surface area contributed by atoms with Crippen LogP contribution in [-0.2, 0) is 6.42 Å². The fourth-order valence-electron chi connectivity index (χ4n) is 4.93. The van der Waals surface area contributed by atoms with Crippen molar-refractivity contribution in [2.75, 3.05) is 13.1 Å². The Morgan fingerprint density at radius 3 is 2.64 bits per heavy atom. The lowest BCUT2D eigenvalue weighted by Crippen LogP contribution is -2.39. The summed E-state index contributed by atoms with van der Waals surface area (Å²) in [5.41, 5.74) is 5.57. The lowest BCUT2D eigenvalue weighted by atomic mass is 10.0. The number of nitrogens with zero attached hydrogens (tertiary/aromatic N) is 6. The van der Waals surface area contributed by atoms with Crippen LogP contribution < -0.4 is 0 Å². The lowest BCUT2D eigenvalue weighted by Gasteiger charge is -2.33. The van der Waals surface area contributed by atoms with Crippen LogP contribution in [0.4, 0.5) is 0 Å². The minimum atomic E-state index is 0.0826. The van der Waals surface area contributed by atoms with Gasteiger partial charge in [-0.25, -0.2) is 14.6 Å². The smallest absolute Gasteiger partial charge is 0.253 e. The van der Waals surface area contributed by atoms with Gasteiger partial charge in [0.25, 0.3) is 5.91 Å². The molecule has 0 bridgehead atoms. The molecule has 0 radical (unpaired) electrons. The molecule has 170 valence electrons. The standard InChI is InChI=1S/C26H30N6O/c1-4-7-24-28-23-10-6-13-27-25(23)31(24)21-11-14-30(15-12-21)26(33)20-8-5-9-22(17-20)32-19(3)16-18(2)29-32/h5-6,8-10,13,16-17,21H,4,7,11-12,14-15H2,1-3H3. The fraction of sp³-hybridized carbons (Fsp3) is 0.385. The second-order valence-corrected chi connectivity index (χ2v) is 8.91. The number of likely N-dealkylation sites (tertiary alicyclic amines) is 1. The molecular formula is C26H30N6O. The van der Waals surface area contributed by atoms with Gasteiger partial charge < -0.3 is 9.47 Å². The van der Waals surface area contributed by atoms with E-state index in [9.17, 15) is 4.79 Å². The van der Waals surface area contributed by atoms with Gasteiger partial charge in [-0.3, -0.25) is 4.79 Å². The molecule has 33 heavy (non-hydrogen) atoms. The first kappa shape index (κ1) is 21.4. The Bertz CT molecular complexity index is 1300. The molecule has 4 heterocycles. The van der Waals surface area contributed by atoms with Crippen molar-refractivity contribution >= 4 is 17.1 Å². The zero-order valence-corrected chi connectivity index (χ0v) is 19.5. The number of amides is 1. The van der Waals surface area contributed by atoms with Gasteiger partial charge in [0.15, 0.2) is 5.65 Å². The summed E-state index contributed by atoms with van der Waals surface area (Å²) in [5, 5.41) is 4.56. The van der Waals surface area contributed by atoms with E-state index in [0.717, 1.165) is 72.8 Å². The van der Waals surface area contributed by atoms with Crippen molar-refractivity contribution in [3.8, 4) is 5.69 Å². The van der Waals surface area contributed by atoms with Crippen molar-refractivity contribution in [2.24, 2.45) is 0 Å². The minimum absolute atomic E-state index is 0.0826. The third-order valence-electron chi connectivity index (χ3n) is 6.46. The zero-order valence-electron chi connectivity index (χ0n) is 19.5. The molecule has 0 atom stereocenters. The van der Waals surface area contributed by atoms with E-state index in [0.29, 0.717) is 11.6 Å². The SMILES string of the molecule is CCCc1nc2cccnc2n1C1CCN(C(=O)c2cccc(-n3nc(C)cc3C)c2)CC1. The van der Waals surface area contributed by atoms with Gasteiger partial charge in [-0.1, -0.05) is 13.0 Å². The number of rotatable bonds is 5. The van der Waals surface area contributed by atoms with Crippen molar-refractivity contribution in [1.29, 1.82) is 0 Å². The quantitative estimate of drug-likeness (QED) is 0.451. The van der Waals surface area contributed by atoms with Crippen LogP contribution in [0.1, 0.15) is 59.8 Å². The molecular weight excluding hydrogens is 412 g/mol. The van der Waals surface area contributed by atoms with Gasteiger partial charge in [0, 0.05) is 43.0 Å². The second kappa shape index (κ2) is 8.81. The molecule has 7 nitrogen and oxygen atoms in total. The minimum Gasteiger partial charge on any atom is -0.338 e. The van der Waals surface area contributed by atoms with E-state index in [2.05, 4.69) is 21.6 Å². The van der Waals surface area contributed by atoms with E-state index in [1.54, 1.807) is 0 Å². The van der Waals surface area contributed by atoms with Crippen molar-refractivity contribution in [1.82, 2.24) is 29.2 Å². The van der Waals surface area contributed by atoms with Crippen LogP contribution in [-0.4, -0.2) is 48.2 Å². The van der Waals surface area contributed by atoms with Crippen LogP contribution in [0.15, 0.2) is 48.7 Å². The molecule has 0 saturated carbocycles. The number of hydrogen-bond donors (Lipinski definition) is 0. The van der Waals surface area contributed by atoms with Crippen molar-refractivity contribution in [3.05, 3.63) is 71.4 Å². The van der Waals surface area contributed by atoms with Crippen LogP contribution in [0.3, 0.4) is 0 Å². The van der Waals surface area contributed by atoms with Gasteiger partial charge >= 0.3 is 0 Å². The summed E-state index contributed by atoms with van der Waals surface area (Å²) in [6, 6.07) is 14.1. The first-order chi connectivity index (χ1) is 16.0. The first-order valence-corrected chi connectivity index (χ1v) is 11.8. The van der Waals surface area contributed by atoms with E-state index in [4.69, 9.17) is 4.98 Å². The monoisotopic (exact) mass is 442 g/mol. The number of aryl methyl sites for hydroxylation is 3. The predicted octanol–water partition coefficient (Wildman–Crippen LogP) is 4.66. The molecule has 1 saturated heterocycles. The third kappa shape index (κ3) is 4.03. The highest BCUT2D eigenvalue weighted by Crippen LogP contribution is 2.29. The highest BCUT2D eigenvalue weighted by atomic mass is 16.2.